The van der Waals surface area contributed by atoms with Crippen LogP contribution in [0, 0.1) is 5.92 Å². The van der Waals surface area contributed by atoms with Gasteiger partial charge in [0.05, 0.1) is 11.1 Å². The van der Waals surface area contributed by atoms with Gasteiger partial charge in [0.1, 0.15) is 0 Å². The molecule has 0 bridgehead atoms. The largest absolute Gasteiger partial charge is 0.354 e. The molecular weight excluding hydrogens is 370 g/mol. The van der Waals surface area contributed by atoms with Gasteiger partial charge in [-0.2, -0.15) is 0 Å². The highest BCUT2D eigenvalue weighted by atomic mass is 16.2. The van der Waals surface area contributed by atoms with Gasteiger partial charge in [-0.15, -0.1) is 0 Å². The van der Waals surface area contributed by atoms with Gasteiger partial charge in [0, 0.05) is 31.1 Å². The molecule has 1 aliphatic heterocycles. The number of nitrogens with one attached hydrogen (secondary N) is 2. The van der Waals surface area contributed by atoms with Crippen LogP contribution in [0.25, 0.3) is 0 Å². The van der Waals surface area contributed by atoms with Crippen molar-refractivity contribution in [3.8, 4) is 0 Å². The summed E-state index contributed by atoms with van der Waals surface area (Å²) in [6.45, 7) is 4.57. The van der Waals surface area contributed by atoms with Gasteiger partial charge in [-0.05, 0) is 37.0 Å². The summed E-state index contributed by atoms with van der Waals surface area (Å²) in [6, 6.07) is 4.60. The minimum atomic E-state index is -0.331. The van der Waals surface area contributed by atoms with Crippen LogP contribution in [0.4, 0.5) is 0 Å². The van der Waals surface area contributed by atoms with Crippen molar-refractivity contribution < 1.29 is 19.2 Å². The van der Waals surface area contributed by atoms with E-state index >= 15 is 0 Å². The highest BCUT2D eigenvalue weighted by Crippen LogP contribution is 2.31. The molecule has 1 saturated carbocycles. The Balaban J connectivity index is 1.59. The summed E-state index contributed by atoms with van der Waals surface area (Å²) in [5.74, 6) is -0.644. The maximum absolute atomic E-state index is 12.8. The van der Waals surface area contributed by atoms with Crippen LogP contribution in [-0.4, -0.2) is 47.7 Å². The molecule has 0 atom stereocenters. The number of carbonyl (C=O) groups is 4. The van der Waals surface area contributed by atoms with Gasteiger partial charge in [-0.1, -0.05) is 33.1 Å². The number of carbonyl (C=O) groups excluding carboxylic acids is 4. The Hall–Kier alpha value is -2.70. The summed E-state index contributed by atoms with van der Waals surface area (Å²) in [7, 11) is 0. The van der Waals surface area contributed by atoms with Crippen molar-refractivity contribution in [3.05, 3.63) is 34.9 Å². The zero-order valence-corrected chi connectivity index (χ0v) is 17.1. The fourth-order valence-corrected chi connectivity index (χ4v) is 3.99. The van der Waals surface area contributed by atoms with E-state index in [2.05, 4.69) is 10.6 Å². The van der Waals surface area contributed by atoms with Crippen molar-refractivity contribution in [2.24, 2.45) is 5.92 Å². The smallest absolute Gasteiger partial charge is 0.261 e. The van der Waals surface area contributed by atoms with Crippen LogP contribution in [0.2, 0.25) is 0 Å². The Kier molecular flexibility index (Phi) is 6.67. The lowest BCUT2D eigenvalue weighted by Crippen LogP contribution is -2.40. The van der Waals surface area contributed by atoms with Crippen LogP contribution in [0.15, 0.2) is 18.2 Å². The Morgan fingerprint density at radius 2 is 1.66 bits per heavy atom. The molecule has 0 unspecified atom stereocenters. The monoisotopic (exact) mass is 399 g/mol. The van der Waals surface area contributed by atoms with Crippen LogP contribution >= 0.6 is 0 Å². The van der Waals surface area contributed by atoms with Crippen molar-refractivity contribution in [3.63, 3.8) is 0 Å². The molecule has 3 rings (SSSR count). The molecular formula is C22H29N3O4. The standard InChI is InChI=1S/C22H29N3O4/c1-14(2)12-19(26)23-10-11-24-20(27)15-8-9-17-18(13-15)22(29)25(21(17)28)16-6-4-3-5-7-16/h8-9,13-14,16H,3-7,10-12H2,1-2H3,(H,23,26)(H,24,27). The van der Waals surface area contributed by atoms with Crippen LogP contribution in [0.1, 0.15) is 83.4 Å². The predicted molar refractivity (Wildman–Crippen MR) is 109 cm³/mol. The van der Waals surface area contributed by atoms with Crippen molar-refractivity contribution >= 4 is 23.6 Å². The van der Waals surface area contributed by atoms with Crippen molar-refractivity contribution in [1.82, 2.24) is 15.5 Å². The molecule has 4 amide bonds. The zero-order valence-electron chi connectivity index (χ0n) is 17.1. The summed E-state index contributed by atoms with van der Waals surface area (Å²) in [6.07, 6.45) is 5.34. The second-order valence-corrected chi connectivity index (χ2v) is 8.24. The Morgan fingerprint density at radius 3 is 2.34 bits per heavy atom. The van der Waals surface area contributed by atoms with Crippen LogP contribution in [-0.2, 0) is 4.79 Å². The molecule has 0 saturated heterocycles. The number of nitrogens with zero attached hydrogens (tertiary/aromatic N) is 1. The third-order valence-corrected chi connectivity index (χ3v) is 5.45. The number of fused-ring (bicyclic) bond motifs is 1. The van der Waals surface area contributed by atoms with Gasteiger partial charge < -0.3 is 10.6 Å². The molecule has 1 fully saturated rings. The van der Waals surface area contributed by atoms with E-state index in [1.807, 2.05) is 13.8 Å². The number of amides is 4. The minimum Gasteiger partial charge on any atom is -0.354 e. The van der Waals surface area contributed by atoms with Crippen LogP contribution in [0.5, 0.6) is 0 Å². The summed E-state index contributed by atoms with van der Waals surface area (Å²) in [4.78, 5) is 50.9. The maximum atomic E-state index is 12.8. The average molecular weight is 399 g/mol. The first-order chi connectivity index (χ1) is 13.9. The number of rotatable bonds is 7. The van der Waals surface area contributed by atoms with Gasteiger partial charge in [0.15, 0.2) is 0 Å². The Labute approximate surface area is 171 Å². The fraction of sp³-hybridized carbons (Fsp3) is 0.545. The van der Waals surface area contributed by atoms with Gasteiger partial charge >= 0.3 is 0 Å². The molecule has 1 aromatic rings. The fourth-order valence-electron chi connectivity index (χ4n) is 3.99. The lowest BCUT2D eigenvalue weighted by molar-refractivity contribution is -0.121. The molecule has 7 nitrogen and oxygen atoms in total. The number of hydrogen-bond acceptors (Lipinski definition) is 4. The summed E-state index contributed by atoms with van der Waals surface area (Å²) >= 11 is 0. The van der Waals surface area contributed by atoms with E-state index in [1.165, 1.54) is 11.0 Å². The topological polar surface area (TPSA) is 95.6 Å². The summed E-state index contributed by atoms with van der Waals surface area (Å²) in [5.41, 5.74) is 1.01. The number of hydrogen-bond donors (Lipinski definition) is 2. The van der Waals surface area contributed by atoms with E-state index in [0.717, 1.165) is 32.1 Å². The molecule has 29 heavy (non-hydrogen) atoms. The molecule has 0 aromatic heterocycles. The highest BCUT2D eigenvalue weighted by molar-refractivity contribution is 6.22. The number of imide groups is 1. The van der Waals surface area contributed by atoms with E-state index in [9.17, 15) is 19.2 Å². The highest BCUT2D eigenvalue weighted by Gasteiger charge is 2.40. The molecule has 156 valence electrons. The van der Waals surface area contributed by atoms with Crippen LogP contribution < -0.4 is 10.6 Å². The Morgan fingerprint density at radius 1 is 1.00 bits per heavy atom. The molecule has 0 radical (unpaired) electrons. The van der Waals surface area contributed by atoms with E-state index < -0.39 is 0 Å². The third-order valence-electron chi connectivity index (χ3n) is 5.45. The zero-order chi connectivity index (χ0) is 21.0. The lowest BCUT2D eigenvalue weighted by Gasteiger charge is -2.29. The normalized spacial score (nSPS) is 16.9. The first kappa shape index (κ1) is 21.0. The molecule has 2 aliphatic rings. The molecule has 0 spiro atoms. The second kappa shape index (κ2) is 9.20. The average Bonchev–Trinajstić information content (AvgIpc) is 2.95. The van der Waals surface area contributed by atoms with Crippen LogP contribution in [0.3, 0.4) is 0 Å². The first-order valence-electron chi connectivity index (χ1n) is 10.5. The SMILES string of the molecule is CC(C)CC(=O)NCCNC(=O)c1ccc2c(c1)C(=O)N(C1CCCCC1)C2=O. The molecule has 1 aromatic carbocycles. The van der Waals surface area contributed by atoms with Gasteiger partial charge in [0.25, 0.3) is 17.7 Å². The molecule has 2 N–H and O–H groups in total. The minimum absolute atomic E-state index is 0.0390. The van der Waals surface area contributed by atoms with E-state index in [0.29, 0.717) is 36.2 Å². The molecule has 7 heteroatoms. The van der Waals surface area contributed by atoms with E-state index in [-0.39, 0.29) is 35.6 Å². The molecule has 1 aliphatic carbocycles. The number of benzene rings is 1. The Bertz CT molecular complexity index is 812. The first-order valence-corrected chi connectivity index (χ1v) is 10.5. The second-order valence-electron chi connectivity index (χ2n) is 8.24. The maximum Gasteiger partial charge on any atom is 0.261 e. The van der Waals surface area contributed by atoms with Crippen molar-refractivity contribution in [1.29, 1.82) is 0 Å². The quantitative estimate of drug-likeness (QED) is 0.544. The van der Waals surface area contributed by atoms with Gasteiger partial charge in [0.2, 0.25) is 5.91 Å². The summed E-state index contributed by atoms with van der Waals surface area (Å²) in [5, 5.41) is 5.49. The predicted octanol–water partition coefficient (Wildman–Crippen LogP) is 2.51. The van der Waals surface area contributed by atoms with Crippen molar-refractivity contribution in [2.75, 3.05) is 13.1 Å². The summed E-state index contributed by atoms with van der Waals surface area (Å²) < 4.78 is 0. The van der Waals surface area contributed by atoms with Gasteiger partial charge in [-0.25, -0.2) is 0 Å². The van der Waals surface area contributed by atoms with Crippen molar-refractivity contribution in [2.45, 2.75) is 58.4 Å². The lowest BCUT2D eigenvalue weighted by atomic mass is 9.94. The molecule has 1 heterocycles. The third kappa shape index (κ3) is 4.83. The van der Waals surface area contributed by atoms with Gasteiger partial charge in [-0.3, -0.25) is 24.1 Å². The van der Waals surface area contributed by atoms with E-state index in [4.69, 9.17) is 0 Å². The van der Waals surface area contributed by atoms with E-state index in [1.54, 1.807) is 12.1 Å².